The van der Waals surface area contributed by atoms with Crippen LogP contribution in [-0.4, -0.2) is 31.3 Å². The molecule has 5 heteroatoms. The Morgan fingerprint density at radius 1 is 1.38 bits per heavy atom. The van der Waals surface area contributed by atoms with Gasteiger partial charge in [0.05, 0.1) is 25.1 Å². The minimum absolute atomic E-state index is 0.0482. The van der Waals surface area contributed by atoms with E-state index in [1.165, 1.54) is 7.11 Å². The van der Waals surface area contributed by atoms with Gasteiger partial charge in [-0.1, -0.05) is 12.1 Å². The number of methoxy groups -OCH3 is 1. The lowest BCUT2D eigenvalue weighted by atomic mass is 10.2. The van der Waals surface area contributed by atoms with E-state index < -0.39 is 5.97 Å². The van der Waals surface area contributed by atoms with Crippen LogP contribution in [0.5, 0.6) is 0 Å². The number of hydrogen-bond donors (Lipinski definition) is 1. The molecular weight excluding hydrogens is 230 g/mol. The summed E-state index contributed by atoms with van der Waals surface area (Å²) in [7, 11) is 1.31. The van der Waals surface area contributed by atoms with Crippen molar-refractivity contribution in [2.75, 3.05) is 24.9 Å². The second kappa shape index (κ2) is 6.12. The number of Topliss-reactive ketones (excluding diaryl/α,β-unsaturated/α-hetero) is 1. The van der Waals surface area contributed by atoms with Gasteiger partial charge in [-0.15, -0.1) is 11.6 Å². The van der Waals surface area contributed by atoms with Crippen molar-refractivity contribution >= 4 is 29.0 Å². The van der Waals surface area contributed by atoms with Gasteiger partial charge in [0.2, 0.25) is 0 Å². The van der Waals surface area contributed by atoms with Gasteiger partial charge in [-0.05, 0) is 12.1 Å². The fourth-order valence-electron chi connectivity index (χ4n) is 1.17. The van der Waals surface area contributed by atoms with Crippen LogP contribution in [0.3, 0.4) is 0 Å². The Morgan fingerprint density at radius 3 is 2.69 bits per heavy atom. The van der Waals surface area contributed by atoms with Gasteiger partial charge in [0, 0.05) is 5.69 Å². The lowest BCUT2D eigenvalue weighted by Crippen LogP contribution is -2.16. The number of halogens is 1. The van der Waals surface area contributed by atoms with E-state index in [0.717, 1.165) is 0 Å². The number of alkyl halides is 1. The summed E-state index contributed by atoms with van der Waals surface area (Å²) < 4.78 is 4.62. The summed E-state index contributed by atoms with van der Waals surface area (Å²) >= 11 is 5.37. The van der Waals surface area contributed by atoms with Crippen LogP contribution in [0.15, 0.2) is 24.3 Å². The van der Waals surface area contributed by atoms with Crippen molar-refractivity contribution in [2.45, 2.75) is 0 Å². The molecular formula is C11H12ClNO3. The van der Waals surface area contributed by atoms with Crippen LogP contribution in [0.2, 0.25) is 0 Å². The summed E-state index contributed by atoms with van der Waals surface area (Å²) in [6.45, 7) is 0.0947. The van der Waals surface area contributed by atoms with Crippen LogP contribution in [0.25, 0.3) is 0 Å². The molecule has 1 aromatic rings. The zero-order valence-electron chi connectivity index (χ0n) is 8.83. The number of anilines is 1. The van der Waals surface area contributed by atoms with Crippen LogP contribution < -0.4 is 5.32 Å². The highest BCUT2D eigenvalue weighted by atomic mass is 35.5. The van der Waals surface area contributed by atoms with Gasteiger partial charge in [-0.2, -0.15) is 0 Å². The Balaban J connectivity index is 2.79. The number of esters is 1. The monoisotopic (exact) mass is 241 g/mol. The van der Waals surface area contributed by atoms with Gasteiger partial charge in [-0.25, -0.2) is 4.79 Å². The Labute approximate surface area is 98.5 Å². The van der Waals surface area contributed by atoms with E-state index in [1.807, 2.05) is 0 Å². The summed E-state index contributed by atoms with van der Waals surface area (Å²) in [4.78, 5) is 22.4. The fraction of sp³-hybridized carbons (Fsp3) is 0.273. The van der Waals surface area contributed by atoms with Gasteiger partial charge in [0.15, 0.2) is 5.78 Å². The Morgan fingerprint density at radius 2 is 2.06 bits per heavy atom. The Hall–Kier alpha value is -1.55. The normalized spacial score (nSPS) is 9.62. The molecule has 4 nitrogen and oxygen atoms in total. The standard InChI is InChI=1S/C11H12ClNO3/c1-16-11(15)9-4-2-3-5-10(9)13-7-8(14)6-12/h2-5,13H,6-7H2,1H3. The maximum atomic E-state index is 11.4. The molecule has 0 heterocycles. The third kappa shape index (κ3) is 3.24. The van der Waals surface area contributed by atoms with Gasteiger partial charge in [0.25, 0.3) is 0 Å². The van der Waals surface area contributed by atoms with Crippen molar-refractivity contribution in [3.63, 3.8) is 0 Å². The Kier molecular flexibility index (Phi) is 4.79. The first-order valence-electron chi connectivity index (χ1n) is 4.68. The molecule has 0 spiro atoms. The van der Waals surface area contributed by atoms with Crippen LogP contribution in [-0.2, 0) is 9.53 Å². The minimum Gasteiger partial charge on any atom is -0.465 e. The number of ketones is 1. The van der Waals surface area contributed by atoms with Crippen molar-refractivity contribution in [3.05, 3.63) is 29.8 Å². The van der Waals surface area contributed by atoms with E-state index in [2.05, 4.69) is 10.1 Å². The predicted molar refractivity (Wildman–Crippen MR) is 62.0 cm³/mol. The SMILES string of the molecule is COC(=O)c1ccccc1NCC(=O)CCl. The first kappa shape index (κ1) is 12.5. The van der Waals surface area contributed by atoms with Gasteiger partial charge in [-0.3, -0.25) is 4.79 Å². The molecule has 0 aliphatic heterocycles. The molecule has 0 aromatic heterocycles. The topological polar surface area (TPSA) is 55.4 Å². The molecule has 0 fully saturated rings. The van der Waals surface area contributed by atoms with Gasteiger partial charge in [0.1, 0.15) is 0 Å². The molecule has 0 aliphatic rings. The van der Waals surface area contributed by atoms with Crippen LogP contribution in [0, 0.1) is 0 Å². The van der Waals surface area contributed by atoms with Crippen LogP contribution >= 0.6 is 11.6 Å². The molecule has 0 saturated heterocycles. The maximum Gasteiger partial charge on any atom is 0.339 e. The van der Waals surface area contributed by atoms with E-state index in [1.54, 1.807) is 24.3 Å². The quantitative estimate of drug-likeness (QED) is 0.630. The van der Waals surface area contributed by atoms with Gasteiger partial charge < -0.3 is 10.1 Å². The molecule has 0 aliphatic carbocycles. The van der Waals surface area contributed by atoms with Crippen LogP contribution in [0.4, 0.5) is 5.69 Å². The van der Waals surface area contributed by atoms with E-state index in [9.17, 15) is 9.59 Å². The highest BCUT2D eigenvalue weighted by molar-refractivity contribution is 6.28. The fourth-order valence-corrected chi connectivity index (χ4v) is 1.26. The molecule has 1 rings (SSSR count). The van der Waals surface area contributed by atoms with Crippen molar-refractivity contribution in [1.29, 1.82) is 0 Å². The molecule has 0 amide bonds. The number of carbonyl (C=O) groups is 2. The van der Waals surface area contributed by atoms with E-state index in [0.29, 0.717) is 11.3 Å². The maximum absolute atomic E-state index is 11.4. The molecule has 1 N–H and O–H groups in total. The highest BCUT2D eigenvalue weighted by Gasteiger charge is 2.11. The minimum atomic E-state index is -0.443. The summed E-state index contributed by atoms with van der Waals surface area (Å²) in [6, 6.07) is 6.81. The number of para-hydroxylation sites is 1. The molecule has 0 bridgehead atoms. The summed E-state index contributed by atoms with van der Waals surface area (Å²) in [6.07, 6.45) is 0. The summed E-state index contributed by atoms with van der Waals surface area (Å²) in [5, 5.41) is 2.84. The second-order valence-electron chi connectivity index (χ2n) is 3.06. The number of rotatable bonds is 5. The molecule has 0 radical (unpaired) electrons. The number of nitrogens with one attached hydrogen (secondary N) is 1. The molecule has 86 valence electrons. The average molecular weight is 242 g/mol. The van der Waals surface area contributed by atoms with Gasteiger partial charge >= 0.3 is 5.97 Å². The number of ether oxygens (including phenoxy) is 1. The molecule has 0 saturated carbocycles. The summed E-state index contributed by atoms with van der Waals surface area (Å²) in [5.41, 5.74) is 0.959. The lowest BCUT2D eigenvalue weighted by molar-refractivity contribution is -0.115. The zero-order valence-corrected chi connectivity index (χ0v) is 9.58. The largest absolute Gasteiger partial charge is 0.465 e. The van der Waals surface area contributed by atoms with Crippen molar-refractivity contribution in [2.24, 2.45) is 0 Å². The zero-order chi connectivity index (χ0) is 12.0. The number of benzene rings is 1. The third-order valence-electron chi connectivity index (χ3n) is 1.96. The third-order valence-corrected chi connectivity index (χ3v) is 2.26. The molecule has 16 heavy (non-hydrogen) atoms. The predicted octanol–water partition coefficient (Wildman–Crippen LogP) is 1.69. The lowest BCUT2D eigenvalue weighted by Gasteiger charge is -2.09. The molecule has 0 atom stereocenters. The average Bonchev–Trinajstić information content (AvgIpc) is 2.35. The Bertz CT molecular complexity index is 393. The smallest absolute Gasteiger partial charge is 0.339 e. The first-order valence-corrected chi connectivity index (χ1v) is 5.21. The number of carbonyl (C=O) groups excluding carboxylic acids is 2. The van der Waals surface area contributed by atoms with E-state index in [4.69, 9.17) is 11.6 Å². The van der Waals surface area contributed by atoms with Crippen molar-refractivity contribution in [1.82, 2.24) is 0 Å². The van der Waals surface area contributed by atoms with Crippen molar-refractivity contribution < 1.29 is 14.3 Å². The highest BCUT2D eigenvalue weighted by Crippen LogP contribution is 2.15. The van der Waals surface area contributed by atoms with E-state index in [-0.39, 0.29) is 18.2 Å². The van der Waals surface area contributed by atoms with Crippen LogP contribution in [0.1, 0.15) is 10.4 Å². The van der Waals surface area contributed by atoms with E-state index >= 15 is 0 Å². The number of hydrogen-bond acceptors (Lipinski definition) is 4. The summed E-state index contributed by atoms with van der Waals surface area (Å²) in [5.74, 6) is -0.629. The second-order valence-corrected chi connectivity index (χ2v) is 3.33. The van der Waals surface area contributed by atoms with Crippen molar-refractivity contribution in [3.8, 4) is 0 Å². The first-order chi connectivity index (χ1) is 7.69. The molecule has 0 unspecified atom stereocenters. The molecule has 1 aromatic carbocycles.